The molecule has 2 unspecified atom stereocenters. The van der Waals surface area contributed by atoms with Crippen LogP contribution in [0.25, 0.3) is 0 Å². The Hall–Kier alpha value is -1.07. The van der Waals surface area contributed by atoms with Crippen molar-refractivity contribution in [2.75, 3.05) is 13.2 Å². The van der Waals surface area contributed by atoms with E-state index in [1.807, 2.05) is 13.8 Å². The number of rotatable bonds is 8. The molecule has 5 heteroatoms. The number of hydrogen-bond acceptors (Lipinski definition) is 2. The number of benzene rings is 1. The van der Waals surface area contributed by atoms with Gasteiger partial charge < -0.3 is 10.1 Å². The molecule has 1 N–H and O–H groups in total. The summed E-state index contributed by atoms with van der Waals surface area (Å²) in [4.78, 5) is 0. The predicted molar refractivity (Wildman–Crippen MR) is 78.3 cm³/mol. The molecule has 0 saturated heterocycles. The Morgan fingerprint density at radius 3 is 2.52 bits per heavy atom. The third-order valence-electron chi connectivity index (χ3n) is 3.36. The van der Waals surface area contributed by atoms with E-state index >= 15 is 0 Å². The summed E-state index contributed by atoms with van der Waals surface area (Å²) in [6.07, 6.45) is -2.85. The van der Waals surface area contributed by atoms with Crippen molar-refractivity contribution in [3.63, 3.8) is 0 Å². The molecule has 21 heavy (non-hydrogen) atoms. The van der Waals surface area contributed by atoms with Crippen molar-refractivity contribution in [2.45, 2.75) is 51.9 Å². The van der Waals surface area contributed by atoms with Crippen molar-refractivity contribution in [2.24, 2.45) is 0 Å². The van der Waals surface area contributed by atoms with Crippen LogP contribution in [0.1, 0.15) is 38.3 Å². The van der Waals surface area contributed by atoms with E-state index in [1.165, 1.54) is 12.1 Å². The average Bonchev–Trinajstić information content (AvgIpc) is 2.43. The van der Waals surface area contributed by atoms with Gasteiger partial charge in [-0.3, -0.25) is 0 Å². The highest BCUT2D eigenvalue weighted by Gasteiger charge is 2.30. The van der Waals surface area contributed by atoms with E-state index in [2.05, 4.69) is 12.2 Å². The molecule has 120 valence electrons. The molecular weight excluding hydrogens is 279 g/mol. The minimum absolute atomic E-state index is 0.00776. The van der Waals surface area contributed by atoms with E-state index in [4.69, 9.17) is 4.74 Å². The summed E-state index contributed by atoms with van der Waals surface area (Å²) in [7, 11) is 0. The van der Waals surface area contributed by atoms with Crippen LogP contribution in [0.2, 0.25) is 0 Å². The Bertz CT molecular complexity index is 420. The normalized spacial score (nSPS) is 15.0. The van der Waals surface area contributed by atoms with Gasteiger partial charge in [-0.05, 0) is 44.9 Å². The molecule has 1 aromatic rings. The van der Waals surface area contributed by atoms with E-state index in [0.29, 0.717) is 18.6 Å². The number of alkyl halides is 3. The first-order chi connectivity index (χ1) is 9.88. The molecule has 0 radical (unpaired) electrons. The number of nitrogens with one attached hydrogen (secondary N) is 1. The fraction of sp³-hybridized carbons (Fsp3) is 0.625. The second kappa shape index (κ2) is 8.39. The first-order valence-electron chi connectivity index (χ1n) is 7.39. The van der Waals surface area contributed by atoms with Crippen LogP contribution >= 0.6 is 0 Å². The van der Waals surface area contributed by atoms with Gasteiger partial charge in [0.15, 0.2) is 0 Å². The lowest BCUT2D eigenvalue weighted by atomic mass is 10.00. The zero-order chi connectivity index (χ0) is 15.9. The Balaban J connectivity index is 2.82. The summed E-state index contributed by atoms with van der Waals surface area (Å²) in [5.41, 5.74) is 0.0725. The zero-order valence-electron chi connectivity index (χ0n) is 12.8. The number of hydrogen-bond donors (Lipinski definition) is 1. The van der Waals surface area contributed by atoms with Crippen LogP contribution in [-0.2, 0) is 17.3 Å². The lowest BCUT2D eigenvalue weighted by Gasteiger charge is -2.25. The summed E-state index contributed by atoms with van der Waals surface area (Å²) in [5, 5.41) is 3.35. The lowest BCUT2D eigenvalue weighted by molar-refractivity contribution is -0.137. The molecule has 0 spiro atoms. The third kappa shape index (κ3) is 6.06. The molecule has 0 aliphatic heterocycles. The first kappa shape index (κ1) is 18.0. The van der Waals surface area contributed by atoms with Gasteiger partial charge in [0.1, 0.15) is 0 Å². The minimum Gasteiger partial charge on any atom is -0.377 e. The first-order valence-corrected chi connectivity index (χ1v) is 7.39. The zero-order valence-corrected chi connectivity index (χ0v) is 12.8. The highest BCUT2D eigenvalue weighted by atomic mass is 19.4. The monoisotopic (exact) mass is 303 g/mol. The smallest absolute Gasteiger partial charge is 0.377 e. The van der Waals surface area contributed by atoms with E-state index in [9.17, 15) is 13.2 Å². The molecule has 1 rings (SSSR count). The van der Waals surface area contributed by atoms with Crippen LogP contribution in [0.3, 0.4) is 0 Å². The molecule has 0 fully saturated rings. The summed E-state index contributed by atoms with van der Waals surface area (Å²) >= 11 is 0. The van der Waals surface area contributed by atoms with E-state index < -0.39 is 11.7 Å². The Kier molecular flexibility index (Phi) is 7.18. The number of ether oxygens (including phenoxy) is 1. The maximum atomic E-state index is 12.7. The molecule has 2 nitrogen and oxygen atoms in total. The Labute approximate surface area is 124 Å². The highest BCUT2D eigenvalue weighted by Crippen LogP contribution is 2.29. The second-order valence-electron chi connectivity index (χ2n) is 5.12. The van der Waals surface area contributed by atoms with Gasteiger partial charge in [-0.25, -0.2) is 0 Å². The van der Waals surface area contributed by atoms with Crippen LogP contribution in [0.5, 0.6) is 0 Å². The molecule has 0 aromatic heterocycles. The predicted octanol–water partition coefficient (Wildman–Crippen LogP) is 4.04. The van der Waals surface area contributed by atoms with Gasteiger partial charge >= 0.3 is 6.18 Å². The van der Waals surface area contributed by atoms with Gasteiger partial charge in [0.25, 0.3) is 0 Å². The largest absolute Gasteiger partial charge is 0.416 e. The second-order valence-corrected chi connectivity index (χ2v) is 5.12. The van der Waals surface area contributed by atoms with Crippen molar-refractivity contribution in [3.8, 4) is 0 Å². The van der Waals surface area contributed by atoms with Gasteiger partial charge in [0.2, 0.25) is 0 Å². The molecule has 2 atom stereocenters. The van der Waals surface area contributed by atoms with Gasteiger partial charge in [-0.15, -0.1) is 0 Å². The van der Waals surface area contributed by atoms with E-state index in [0.717, 1.165) is 19.0 Å². The van der Waals surface area contributed by atoms with Gasteiger partial charge in [-0.1, -0.05) is 25.1 Å². The SMILES string of the molecule is CCCNC(Cc1cccc(C(F)(F)F)c1)C(C)OCC. The maximum Gasteiger partial charge on any atom is 0.416 e. The summed E-state index contributed by atoms with van der Waals surface area (Å²) < 4.78 is 43.8. The molecule has 0 heterocycles. The van der Waals surface area contributed by atoms with Crippen LogP contribution < -0.4 is 5.32 Å². The van der Waals surface area contributed by atoms with E-state index in [-0.39, 0.29) is 12.1 Å². The molecule has 0 aliphatic rings. The minimum atomic E-state index is -4.30. The maximum absolute atomic E-state index is 12.7. The lowest BCUT2D eigenvalue weighted by Crippen LogP contribution is -2.42. The number of halogens is 3. The van der Waals surface area contributed by atoms with Crippen LogP contribution in [0, 0.1) is 0 Å². The summed E-state index contributed by atoms with van der Waals surface area (Å²) in [6.45, 7) is 7.33. The third-order valence-corrected chi connectivity index (χ3v) is 3.36. The van der Waals surface area contributed by atoms with Gasteiger partial charge in [0.05, 0.1) is 11.7 Å². The Morgan fingerprint density at radius 1 is 1.24 bits per heavy atom. The van der Waals surface area contributed by atoms with Crippen molar-refractivity contribution in [3.05, 3.63) is 35.4 Å². The van der Waals surface area contributed by atoms with Crippen LogP contribution in [-0.4, -0.2) is 25.3 Å². The van der Waals surface area contributed by atoms with Crippen molar-refractivity contribution in [1.82, 2.24) is 5.32 Å². The molecule has 1 aromatic carbocycles. The van der Waals surface area contributed by atoms with Crippen molar-refractivity contribution >= 4 is 0 Å². The standard InChI is InChI=1S/C16H24F3NO/c1-4-9-20-15(12(3)21-5-2)11-13-7-6-8-14(10-13)16(17,18)19/h6-8,10,12,15,20H,4-5,9,11H2,1-3H3. The molecular formula is C16H24F3NO. The summed E-state index contributed by atoms with van der Waals surface area (Å²) in [6, 6.07) is 5.52. The topological polar surface area (TPSA) is 21.3 Å². The average molecular weight is 303 g/mol. The van der Waals surface area contributed by atoms with Gasteiger partial charge in [0, 0.05) is 12.6 Å². The Morgan fingerprint density at radius 2 is 1.95 bits per heavy atom. The van der Waals surface area contributed by atoms with Crippen molar-refractivity contribution < 1.29 is 17.9 Å². The molecule has 0 aliphatic carbocycles. The van der Waals surface area contributed by atoms with Crippen LogP contribution in [0.15, 0.2) is 24.3 Å². The summed E-state index contributed by atoms with van der Waals surface area (Å²) in [5.74, 6) is 0. The van der Waals surface area contributed by atoms with Crippen LogP contribution in [0.4, 0.5) is 13.2 Å². The molecule has 0 bridgehead atoms. The van der Waals surface area contributed by atoms with Crippen molar-refractivity contribution in [1.29, 1.82) is 0 Å². The van der Waals surface area contributed by atoms with E-state index in [1.54, 1.807) is 6.07 Å². The fourth-order valence-electron chi connectivity index (χ4n) is 2.24. The fourth-order valence-corrected chi connectivity index (χ4v) is 2.24. The molecule has 0 saturated carbocycles. The van der Waals surface area contributed by atoms with Gasteiger partial charge in [-0.2, -0.15) is 13.2 Å². The molecule has 0 amide bonds. The quantitative estimate of drug-likeness (QED) is 0.782. The highest BCUT2D eigenvalue weighted by molar-refractivity contribution is 5.26.